The third-order valence-electron chi connectivity index (χ3n) is 4.22. The van der Waals surface area contributed by atoms with E-state index in [-0.39, 0.29) is 23.6 Å². The Morgan fingerprint density at radius 2 is 1.96 bits per heavy atom. The number of benzene rings is 1. The molecule has 28 heavy (non-hydrogen) atoms. The van der Waals surface area contributed by atoms with Crippen LogP contribution in [0.25, 0.3) is 0 Å². The largest absolute Gasteiger partial charge is 0.490 e. The van der Waals surface area contributed by atoms with Gasteiger partial charge in [0.05, 0.1) is 11.2 Å². The monoisotopic (exact) mass is 410 g/mol. The first-order valence-corrected chi connectivity index (χ1v) is 10.5. The highest BCUT2D eigenvalue weighted by atomic mass is 32.2. The van der Waals surface area contributed by atoms with Crippen molar-refractivity contribution in [1.82, 2.24) is 5.32 Å². The van der Waals surface area contributed by atoms with Gasteiger partial charge in [0.15, 0.2) is 0 Å². The molecule has 0 saturated heterocycles. The minimum Gasteiger partial charge on any atom is -0.490 e. The second-order valence-corrected chi connectivity index (χ2v) is 9.13. The number of ether oxygens (including phenoxy) is 2. The summed E-state index contributed by atoms with van der Waals surface area (Å²) in [6, 6.07) is 6.45. The molecule has 1 saturated carbocycles. The molecule has 4 N–H and O–H groups in total. The molecule has 0 bridgehead atoms. The van der Waals surface area contributed by atoms with Crippen LogP contribution in [0.1, 0.15) is 52.0 Å². The number of nitrogens with one attached hydrogen (secondary N) is 2. The third kappa shape index (κ3) is 6.28. The lowest BCUT2D eigenvalue weighted by atomic mass is 9.99. The van der Waals surface area contributed by atoms with Crippen LogP contribution in [0.4, 0.5) is 10.5 Å². The van der Waals surface area contributed by atoms with Crippen molar-refractivity contribution in [3.63, 3.8) is 0 Å². The molecule has 0 unspecified atom stereocenters. The van der Waals surface area contributed by atoms with Gasteiger partial charge in [-0.1, -0.05) is 18.9 Å². The van der Waals surface area contributed by atoms with Gasteiger partial charge in [0, 0.05) is 0 Å². The van der Waals surface area contributed by atoms with Crippen molar-refractivity contribution in [3.05, 3.63) is 23.8 Å². The molecule has 1 aromatic carbocycles. The summed E-state index contributed by atoms with van der Waals surface area (Å²) < 4.78 is 35.9. The van der Waals surface area contributed by atoms with Crippen LogP contribution in [0.15, 0.2) is 18.2 Å². The lowest BCUT2D eigenvalue weighted by molar-refractivity contribution is 0.0416. The zero-order chi connectivity index (χ0) is 21.0. The fourth-order valence-electron chi connectivity index (χ4n) is 3.10. The average molecular weight is 410 g/mol. The molecule has 0 heterocycles. The summed E-state index contributed by atoms with van der Waals surface area (Å²) in [6.07, 6.45) is 2.75. The van der Waals surface area contributed by atoms with Crippen LogP contribution in [0.3, 0.4) is 0 Å². The maximum atomic E-state index is 12.2. The molecule has 9 nitrogen and oxygen atoms in total. The van der Waals surface area contributed by atoms with E-state index in [2.05, 4.69) is 10.0 Å². The molecule has 0 atom stereocenters. The highest BCUT2D eigenvalue weighted by Crippen LogP contribution is 2.33. The zero-order valence-corrected chi connectivity index (χ0v) is 17.1. The van der Waals surface area contributed by atoms with E-state index in [4.69, 9.17) is 14.6 Å². The van der Waals surface area contributed by atoms with E-state index < -0.39 is 27.4 Å². The van der Waals surface area contributed by atoms with Crippen LogP contribution in [0.2, 0.25) is 0 Å². The molecule has 0 aliphatic heterocycles. The molecule has 0 spiro atoms. The maximum absolute atomic E-state index is 12.2. The van der Waals surface area contributed by atoms with Crippen LogP contribution < -0.4 is 19.9 Å². The number of carbonyl (C=O) groups is 1. The van der Waals surface area contributed by atoms with Crippen molar-refractivity contribution >= 4 is 22.0 Å². The van der Waals surface area contributed by atoms with E-state index in [1.54, 1.807) is 32.9 Å². The number of anilines is 1. The molecular weight excluding hydrogens is 384 g/mol. The van der Waals surface area contributed by atoms with Gasteiger partial charge >= 0.3 is 6.09 Å². The fraction of sp³-hybridized carbons (Fsp3) is 0.556. The predicted octanol–water partition coefficient (Wildman–Crippen LogP) is 2.39. The Kier molecular flexibility index (Phi) is 6.41. The molecule has 1 fully saturated rings. The zero-order valence-electron chi connectivity index (χ0n) is 16.2. The molecule has 10 heteroatoms. The Balaban J connectivity index is 2.17. The molecule has 1 aromatic rings. The first kappa shape index (κ1) is 21.8. The third-order valence-corrected chi connectivity index (χ3v) is 4.73. The van der Waals surface area contributed by atoms with Crippen molar-refractivity contribution < 1.29 is 22.7 Å². The van der Waals surface area contributed by atoms with E-state index in [1.807, 2.05) is 6.07 Å². The van der Waals surface area contributed by atoms with Gasteiger partial charge in [0.2, 0.25) is 0 Å². The van der Waals surface area contributed by atoms with Gasteiger partial charge in [-0.05, 0) is 45.7 Å². The second-order valence-electron chi connectivity index (χ2n) is 7.84. The number of carbonyl (C=O) groups excluding carboxylic acids is 1. The number of nitrogens with two attached hydrogens (primary N) is 1. The first-order valence-electron chi connectivity index (χ1n) is 8.91. The average Bonchev–Trinajstić information content (AvgIpc) is 2.98. The van der Waals surface area contributed by atoms with Crippen molar-refractivity contribution in [2.75, 3.05) is 11.3 Å². The normalized spacial score (nSPS) is 16.1. The number of amides is 1. The smallest absolute Gasteiger partial charge is 0.408 e. The molecule has 1 aliphatic carbocycles. The summed E-state index contributed by atoms with van der Waals surface area (Å²) >= 11 is 0. The van der Waals surface area contributed by atoms with E-state index in [0.29, 0.717) is 12.8 Å². The lowest BCUT2D eigenvalue weighted by Crippen LogP contribution is -2.52. The number of hydrogen-bond acceptors (Lipinski definition) is 6. The molecular formula is C18H26N4O5S. The SMILES string of the molecule is CC(C)(C)OC(=O)NC1(COc2cccc(NS(N)(=O)=O)c2C#N)CCCC1. The lowest BCUT2D eigenvalue weighted by Gasteiger charge is -2.31. The fourth-order valence-corrected chi connectivity index (χ4v) is 3.57. The van der Waals surface area contributed by atoms with Gasteiger partial charge in [-0.15, -0.1) is 0 Å². The minimum absolute atomic E-state index is 0.0157. The predicted molar refractivity (Wildman–Crippen MR) is 104 cm³/mol. The van der Waals surface area contributed by atoms with Crippen LogP contribution in [0.5, 0.6) is 5.75 Å². The Bertz CT molecular complexity index is 865. The topological polar surface area (TPSA) is 144 Å². The summed E-state index contributed by atoms with van der Waals surface area (Å²) in [5, 5.41) is 17.3. The number of alkyl carbamates (subject to hydrolysis) is 1. The van der Waals surface area contributed by atoms with Gasteiger partial charge in [-0.25, -0.2) is 9.93 Å². The van der Waals surface area contributed by atoms with E-state index >= 15 is 0 Å². The summed E-state index contributed by atoms with van der Waals surface area (Å²) in [5.74, 6) is 0.202. The maximum Gasteiger partial charge on any atom is 0.408 e. The van der Waals surface area contributed by atoms with Crippen molar-refractivity contribution in [2.24, 2.45) is 5.14 Å². The highest BCUT2D eigenvalue weighted by Gasteiger charge is 2.38. The second kappa shape index (κ2) is 8.24. The van der Waals surface area contributed by atoms with Crippen molar-refractivity contribution in [1.29, 1.82) is 5.26 Å². The van der Waals surface area contributed by atoms with E-state index in [0.717, 1.165) is 12.8 Å². The van der Waals surface area contributed by atoms with Gasteiger partial charge in [0.1, 0.15) is 29.6 Å². The molecule has 154 valence electrons. The molecule has 1 aliphatic rings. The summed E-state index contributed by atoms with van der Waals surface area (Å²) in [4.78, 5) is 12.2. The van der Waals surface area contributed by atoms with E-state index in [1.165, 1.54) is 6.07 Å². The van der Waals surface area contributed by atoms with E-state index in [9.17, 15) is 18.5 Å². The van der Waals surface area contributed by atoms with Gasteiger partial charge < -0.3 is 14.8 Å². The number of nitriles is 1. The Morgan fingerprint density at radius 3 is 2.50 bits per heavy atom. The molecule has 0 aromatic heterocycles. The van der Waals surface area contributed by atoms with Crippen LogP contribution in [0, 0.1) is 11.3 Å². The molecule has 0 radical (unpaired) electrons. The number of hydrogen-bond donors (Lipinski definition) is 3. The van der Waals surface area contributed by atoms with Crippen LogP contribution >= 0.6 is 0 Å². The molecule has 1 amide bonds. The highest BCUT2D eigenvalue weighted by molar-refractivity contribution is 7.90. The summed E-state index contributed by atoms with van der Waals surface area (Å²) in [7, 11) is -4.03. The van der Waals surface area contributed by atoms with Gasteiger partial charge in [-0.3, -0.25) is 4.72 Å². The minimum atomic E-state index is -4.03. The van der Waals surface area contributed by atoms with Gasteiger partial charge in [-0.2, -0.15) is 13.7 Å². The first-order chi connectivity index (χ1) is 12.9. The standard InChI is InChI=1S/C18H26N4O5S/c1-17(2,3)27-16(23)21-18(9-4-5-10-18)12-26-15-8-6-7-14(13(15)11-19)22-28(20,24)25/h6-8,22H,4-5,9-10,12H2,1-3H3,(H,21,23)(H2,20,24,25). The van der Waals surface area contributed by atoms with Crippen LogP contribution in [-0.4, -0.2) is 32.3 Å². The number of nitrogens with zero attached hydrogens (tertiary/aromatic N) is 1. The summed E-state index contributed by atoms with van der Waals surface area (Å²) in [5.41, 5.74) is -1.18. The Labute approximate surface area is 165 Å². The van der Waals surface area contributed by atoms with Crippen molar-refractivity contribution in [3.8, 4) is 11.8 Å². The molecule has 2 rings (SSSR count). The van der Waals surface area contributed by atoms with Gasteiger partial charge in [0.25, 0.3) is 10.2 Å². The van der Waals surface area contributed by atoms with Crippen LogP contribution in [-0.2, 0) is 14.9 Å². The quantitative estimate of drug-likeness (QED) is 0.657. The Morgan fingerprint density at radius 1 is 1.32 bits per heavy atom. The Hall–Kier alpha value is -2.51. The van der Waals surface area contributed by atoms with Crippen molar-refractivity contribution in [2.45, 2.75) is 57.6 Å². The number of rotatable bonds is 6. The summed E-state index contributed by atoms with van der Waals surface area (Å²) in [6.45, 7) is 5.48.